The highest BCUT2D eigenvalue weighted by molar-refractivity contribution is 5.86. The summed E-state index contributed by atoms with van der Waals surface area (Å²) >= 11 is 0. The van der Waals surface area contributed by atoms with Crippen LogP contribution in [-0.4, -0.2) is 5.97 Å². The van der Waals surface area contributed by atoms with Crippen molar-refractivity contribution in [1.29, 1.82) is 5.26 Å². The lowest BCUT2D eigenvalue weighted by atomic mass is 9.80. The largest absolute Gasteiger partial charge is 0.426 e. The van der Waals surface area contributed by atoms with Crippen LogP contribution in [0.25, 0.3) is 10.8 Å². The van der Waals surface area contributed by atoms with E-state index >= 15 is 0 Å². The molecule has 2 aromatic rings. The first kappa shape index (κ1) is 18.5. The zero-order valence-electron chi connectivity index (χ0n) is 15.5. The van der Waals surface area contributed by atoms with Crippen molar-refractivity contribution < 1.29 is 9.53 Å². The minimum absolute atomic E-state index is 0.0362. The summed E-state index contributed by atoms with van der Waals surface area (Å²) in [6.07, 6.45) is 9.43. The van der Waals surface area contributed by atoms with Gasteiger partial charge < -0.3 is 4.74 Å². The van der Waals surface area contributed by atoms with Gasteiger partial charge in [-0.3, -0.25) is 4.79 Å². The fourth-order valence-corrected chi connectivity index (χ4v) is 3.93. The number of esters is 1. The second-order valence-electron chi connectivity index (χ2n) is 7.47. The Morgan fingerprint density at radius 3 is 2.54 bits per heavy atom. The molecule has 1 aliphatic rings. The number of unbranched alkanes of at least 4 members (excludes halogenated alkanes) is 2. The molecule has 0 aromatic heterocycles. The molecular weight excluding hydrogens is 322 g/mol. The number of benzene rings is 2. The molecular formula is C23H27NO2. The lowest BCUT2D eigenvalue weighted by Gasteiger charge is -2.27. The predicted octanol–water partition coefficient (Wildman–Crippen LogP) is 6.00. The maximum absolute atomic E-state index is 12.5. The van der Waals surface area contributed by atoms with Gasteiger partial charge >= 0.3 is 5.97 Å². The predicted molar refractivity (Wildman–Crippen MR) is 104 cm³/mol. The van der Waals surface area contributed by atoms with Gasteiger partial charge in [0.05, 0.1) is 17.6 Å². The van der Waals surface area contributed by atoms with Gasteiger partial charge in [0.15, 0.2) is 0 Å². The third kappa shape index (κ3) is 4.64. The van der Waals surface area contributed by atoms with Crippen LogP contribution in [0.4, 0.5) is 0 Å². The van der Waals surface area contributed by atoms with Crippen molar-refractivity contribution in [2.45, 2.75) is 58.3 Å². The lowest BCUT2D eigenvalue weighted by molar-refractivity contribution is -0.140. The van der Waals surface area contributed by atoms with Crippen LogP contribution in [0.2, 0.25) is 0 Å². The van der Waals surface area contributed by atoms with E-state index in [0.29, 0.717) is 11.3 Å². The maximum atomic E-state index is 12.5. The Bertz CT molecular complexity index is 797. The van der Waals surface area contributed by atoms with Gasteiger partial charge in [0.25, 0.3) is 0 Å². The Morgan fingerprint density at radius 1 is 1.08 bits per heavy atom. The zero-order valence-corrected chi connectivity index (χ0v) is 15.5. The molecule has 0 saturated heterocycles. The van der Waals surface area contributed by atoms with Crippen molar-refractivity contribution in [3.05, 3.63) is 42.0 Å². The number of carbonyl (C=O) groups is 1. The van der Waals surface area contributed by atoms with Crippen LogP contribution in [0.5, 0.6) is 5.75 Å². The molecule has 136 valence electrons. The zero-order chi connectivity index (χ0) is 18.4. The van der Waals surface area contributed by atoms with E-state index in [1.807, 2.05) is 30.3 Å². The van der Waals surface area contributed by atoms with Gasteiger partial charge in [-0.1, -0.05) is 44.7 Å². The van der Waals surface area contributed by atoms with Gasteiger partial charge in [0.2, 0.25) is 0 Å². The average molecular weight is 349 g/mol. The first-order valence-corrected chi connectivity index (χ1v) is 9.85. The van der Waals surface area contributed by atoms with Crippen LogP contribution in [0, 0.1) is 23.2 Å². The summed E-state index contributed by atoms with van der Waals surface area (Å²) in [6, 6.07) is 13.3. The molecule has 1 fully saturated rings. The van der Waals surface area contributed by atoms with Gasteiger partial charge in [0.1, 0.15) is 5.75 Å². The van der Waals surface area contributed by atoms with E-state index in [4.69, 9.17) is 10.00 Å². The van der Waals surface area contributed by atoms with Gasteiger partial charge in [-0.25, -0.2) is 0 Å². The van der Waals surface area contributed by atoms with Gasteiger partial charge in [-0.2, -0.15) is 5.26 Å². The molecule has 3 heteroatoms. The topological polar surface area (TPSA) is 50.1 Å². The fourth-order valence-electron chi connectivity index (χ4n) is 3.93. The number of rotatable bonds is 6. The molecule has 2 aromatic carbocycles. The maximum Gasteiger partial charge on any atom is 0.314 e. The number of ether oxygens (including phenoxy) is 1. The number of hydrogen-bond acceptors (Lipinski definition) is 3. The Labute approximate surface area is 156 Å². The van der Waals surface area contributed by atoms with Gasteiger partial charge in [-0.05, 0) is 66.6 Å². The number of fused-ring (bicyclic) bond motifs is 1. The molecule has 1 aliphatic carbocycles. The van der Waals surface area contributed by atoms with E-state index in [-0.39, 0.29) is 11.9 Å². The number of hydrogen-bond donors (Lipinski definition) is 0. The molecule has 0 amide bonds. The third-order valence-electron chi connectivity index (χ3n) is 5.56. The molecule has 0 N–H and O–H groups in total. The van der Waals surface area contributed by atoms with Crippen LogP contribution in [0.1, 0.15) is 63.9 Å². The Kier molecular flexibility index (Phi) is 6.28. The molecule has 0 aliphatic heterocycles. The Hall–Kier alpha value is -2.34. The molecule has 0 atom stereocenters. The second kappa shape index (κ2) is 8.85. The summed E-state index contributed by atoms with van der Waals surface area (Å²) < 4.78 is 5.65. The summed E-state index contributed by atoms with van der Waals surface area (Å²) in [5, 5.41) is 10.9. The standard InChI is InChI=1S/C23H27NO2/c1-2-3-4-5-17-6-9-19(10-7-17)23(25)26-22-13-12-20-14-18(16-24)8-11-21(20)15-22/h8,11-15,17,19H,2-7,9-10H2,1H3/t17-,19-. The molecule has 0 bridgehead atoms. The van der Waals surface area contributed by atoms with Crippen LogP contribution < -0.4 is 4.74 Å². The normalized spacial score (nSPS) is 19.8. The monoisotopic (exact) mass is 349 g/mol. The summed E-state index contributed by atoms with van der Waals surface area (Å²) in [5.41, 5.74) is 0.637. The summed E-state index contributed by atoms with van der Waals surface area (Å²) in [7, 11) is 0. The van der Waals surface area contributed by atoms with E-state index in [2.05, 4.69) is 13.0 Å². The van der Waals surface area contributed by atoms with Crippen molar-refractivity contribution in [3.63, 3.8) is 0 Å². The van der Waals surface area contributed by atoms with E-state index in [0.717, 1.165) is 42.4 Å². The molecule has 1 saturated carbocycles. The van der Waals surface area contributed by atoms with Crippen LogP contribution in [0.3, 0.4) is 0 Å². The Morgan fingerprint density at radius 2 is 1.81 bits per heavy atom. The highest BCUT2D eigenvalue weighted by Gasteiger charge is 2.27. The molecule has 0 unspecified atom stereocenters. The van der Waals surface area contributed by atoms with E-state index < -0.39 is 0 Å². The number of nitriles is 1. The smallest absolute Gasteiger partial charge is 0.314 e. The van der Waals surface area contributed by atoms with Crippen LogP contribution >= 0.6 is 0 Å². The van der Waals surface area contributed by atoms with Crippen molar-refractivity contribution in [2.75, 3.05) is 0 Å². The van der Waals surface area contributed by atoms with Crippen molar-refractivity contribution >= 4 is 16.7 Å². The minimum atomic E-state index is -0.0926. The van der Waals surface area contributed by atoms with Crippen molar-refractivity contribution in [1.82, 2.24) is 0 Å². The number of carbonyl (C=O) groups excluding carboxylic acids is 1. The summed E-state index contributed by atoms with van der Waals surface area (Å²) in [6.45, 7) is 2.24. The second-order valence-corrected chi connectivity index (χ2v) is 7.47. The van der Waals surface area contributed by atoms with Crippen molar-refractivity contribution in [3.8, 4) is 11.8 Å². The summed E-state index contributed by atoms with van der Waals surface area (Å²) in [4.78, 5) is 12.5. The minimum Gasteiger partial charge on any atom is -0.426 e. The quantitative estimate of drug-likeness (QED) is 0.365. The van der Waals surface area contributed by atoms with E-state index in [1.54, 1.807) is 6.07 Å². The first-order chi connectivity index (χ1) is 12.7. The SMILES string of the molecule is CCCCC[C@H]1CC[C@H](C(=O)Oc2ccc3cc(C#N)ccc3c2)CC1. The molecule has 0 radical (unpaired) electrons. The Balaban J connectivity index is 1.55. The molecule has 3 nitrogen and oxygen atoms in total. The first-order valence-electron chi connectivity index (χ1n) is 9.85. The van der Waals surface area contributed by atoms with E-state index in [9.17, 15) is 4.79 Å². The highest BCUT2D eigenvalue weighted by Crippen LogP contribution is 2.33. The van der Waals surface area contributed by atoms with Gasteiger partial charge in [0, 0.05) is 0 Å². The van der Waals surface area contributed by atoms with Crippen molar-refractivity contribution in [2.24, 2.45) is 11.8 Å². The van der Waals surface area contributed by atoms with Gasteiger partial charge in [-0.15, -0.1) is 0 Å². The lowest BCUT2D eigenvalue weighted by Crippen LogP contribution is -2.25. The highest BCUT2D eigenvalue weighted by atomic mass is 16.5. The van der Waals surface area contributed by atoms with Crippen LogP contribution in [0.15, 0.2) is 36.4 Å². The fraction of sp³-hybridized carbons (Fsp3) is 0.478. The summed E-state index contributed by atoms with van der Waals surface area (Å²) in [5.74, 6) is 1.33. The molecule has 26 heavy (non-hydrogen) atoms. The molecule has 0 spiro atoms. The molecule has 0 heterocycles. The third-order valence-corrected chi connectivity index (χ3v) is 5.56. The average Bonchev–Trinajstić information content (AvgIpc) is 2.68. The van der Waals surface area contributed by atoms with E-state index in [1.165, 1.54) is 25.7 Å². The number of nitrogens with zero attached hydrogens (tertiary/aromatic N) is 1. The van der Waals surface area contributed by atoms with Crippen LogP contribution in [-0.2, 0) is 4.79 Å². The molecule has 3 rings (SSSR count).